The van der Waals surface area contributed by atoms with E-state index < -0.39 is 0 Å². The molecule has 0 unspecified atom stereocenters. The van der Waals surface area contributed by atoms with E-state index in [9.17, 15) is 4.79 Å². The predicted molar refractivity (Wildman–Crippen MR) is 90.5 cm³/mol. The number of nitrogens with zero attached hydrogens (tertiary/aromatic N) is 3. The summed E-state index contributed by atoms with van der Waals surface area (Å²) in [6, 6.07) is 7.81. The van der Waals surface area contributed by atoms with Crippen LogP contribution in [0.25, 0.3) is 5.69 Å². The number of aromatic nitrogens is 3. The van der Waals surface area contributed by atoms with Crippen LogP contribution in [0.3, 0.4) is 0 Å². The van der Waals surface area contributed by atoms with Crippen LogP contribution in [0.2, 0.25) is 0 Å². The van der Waals surface area contributed by atoms with Gasteiger partial charge in [-0.05, 0) is 67.9 Å². The van der Waals surface area contributed by atoms with E-state index in [1.807, 2.05) is 24.3 Å². The Kier molecular flexibility index (Phi) is 3.21. The number of rotatable bonds is 3. The first kappa shape index (κ1) is 14.2. The van der Waals surface area contributed by atoms with Crippen molar-refractivity contribution in [2.75, 3.05) is 5.32 Å². The Hall–Kier alpha value is -2.17. The smallest absolute Gasteiger partial charge is 0.228 e. The van der Waals surface area contributed by atoms with Gasteiger partial charge in [-0.2, -0.15) is 0 Å². The van der Waals surface area contributed by atoms with Crippen LogP contribution in [0.1, 0.15) is 32.1 Å². The van der Waals surface area contributed by atoms with Crippen LogP contribution in [0.4, 0.5) is 5.69 Å². The molecule has 124 valence electrons. The summed E-state index contributed by atoms with van der Waals surface area (Å²) in [5, 5.41) is 11.1. The van der Waals surface area contributed by atoms with E-state index in [4.69, 9.17) is 0 Å². The average Bonchev–Trinajstić information content (AvgIpc) is 3.08. The van der Waals surface area contributed by atoms with Crippen molar-refractivity contribution in [2.24, 2.45) is 29.6 Å². The standard InChI is InChI=1S/C19H22N4O/c24-19(18-14-8-12-7-13(10-14)11-15(18)9-12)21-16-3-1-2-4-17(16)23-6-5-20-22-23/h1-6,12-15,18H,7-11H2,(H,21,24). The molecule has 5 heteroatoms. The van der Waals surface area contributed by atoms with E-state index in [0.29, 0.717) is 11.8 Å². The number of carbonyl (C=O) groups excluding carboxylic acids is 1. The second kappa shape index (κ2) is 5.43. The molecule has 1 amide bonds. The van der Waals surface area contributed by atoms with Gasteiger partial charge < -0.3 is 5.32 Å². The number of carbonyl (C=O) groups is 1. The maximum Gasteiger partial charge on any atom is 0.228 e. The minimum Gasteiger partial charge on any atom is -0.324 e. The zero-order chi connectivity index (χ0) is 16.1. The molecule has 4 aliphatic rings. The van der Waals surface area contributed by atoms with Crippen LogP contribution in [0.15, 0.2) is 36.7 Å². The van der Waals surface area contributed by atoms with Crippen molar-refractivity contribution in [1.29, 1.82) is 0 Å². The van der Waals surface area contributed by atoms with E-state index in [1.54, 1.807) is 17.1 Å². The average molecular weight is 322 g/mol. The third kappa shape index (κ3) is 2.26. The Labute approximate surface area is 141 Å². The van der Waals surface area contributed by atoms with Gasteiger partial charge in [-0.25, -0.2) is 4.68 Å². The van der Waals surface area contributed by atoms with Crippen molar-refractivity contribution in [3.8, 4) is 5.69 Å². The van der Waals surface area contributed by atoms with Gasteiger partial charge in [-0.15, -0.1) is 5.10 Å². The molecule has 4 saturated carbocycles. The zero-order valence-corrected chi connectivity index (χ0v) is 13.6. The lowest BCUT2D eigenvalue weighted by Gasteiger charge is -2.53. The van der Waals surface area contributed by atoms with Gasteiger partial charge in [0, 0.05) is 5.92 Å². The molecule has 4 bridgehead atoms. The normalized spacial score (nSPS) is 33.6. The summed E-state index contributed by atoms with van der Waals surface area (Å²) in [7, 11) is 0. The van der Waals surface area contributed by atoms with Gasteiger partial charge in [-0.1, -0.05) is 17.3 Å². The summed E-state index contributed by atoms with van der Waals surface area (Å²) in [5.41, 5.74) is 1.69. The molecular weight excluding hydrogens is 300 g/mol. The monoisotopic (exact) mass is 322 g/mol. The highest BCUT2D eigenvalue weighted by Crippen LogP contribution is 2.56. The van der Waals surface area contributed by atoms with Crippen LogP contribution in [0, 0.1) is 29.6 Å². The fourth-order valence-electron chi connectivity index (χ4n) is 5.69. The van der Waals surface area contributed by atoms with Crippen LogP contribution >= 0.6 is 0 Å². The molecule has 0 spiro atoms. The fourth-order valence-corrected chi connectivity index (χ4v) is 5.69. The van der Waals surface area contributed by atoms with Crippen LogP contribution in [-0.2, 0) is 4.79 Å². The van der Waals surface area contributed by atoms with E-state index in [1.165, 1.54) is 32.1 Å². The molecule has 0 atom stereocenters. The van der Waals surface area contributed by atoms with Crippen molar-refractivity contribution < 1.29 is 4.79 Å². The number of nitrogens with one attached hydrogen (secondary N) is 1. The second-order valence-electron chi connectivity index (χ2n) is 7.81. The van der Waals surface area contributed by atoms with Crippen molar-refractivity contribution >= 4 is 11.6 Å². The lowest BCUT2D eigenvalue weighted by Crippen LogP contribution is -2.49. The van der Waals surface area contributed by atoms with Gasteiger partial charge in [0.25, 0.3) is 0 Å². The summed E-state index contributed by atoms with van der Waals surface area (Å²) in [6.07, 6.45) is 9.90. The highest BCUT2D eigenvalue weighted by Gasteiger charge is 2.50. The Morgan fingerprint density at radius 1 is 1.04 bits per heavy atom. The Balaban J connectivity index is 1.40. The Bertz CT molecular complexity index is 726. The topological polar surface area (TPSA) is 59.8 Å². The largest absolute Gasteiger partial charge is 0.324 e. The van der Waals surface area contributed by atoms with Gasteiger partial charge in [0.05, 0.1) is 23.8 Å². The highest BCUT2D eigenvalue weighted by molar-refractivity contribution is 5.95. The SMILES string of the molecule is O=C(Nc1ccccc1-n1ccnn1)C1C2CC3CC(C2)CC1C3. The lowest BCUT2D eigenvalue weighted by atomic mass is 9.51. The number of benzene rings is 1. The van der Waals surface area contributed by atoms with Crippen molar-refractivity contribution in [3.63, 3.8) is 0 Å². The molecule has 5 nitrogen and oxygen atoms in total. The van der Waals surface area contributed by atoms with Crippen LogP contribution in [-0.4, -0.2) is 20.9 Å². The van der Waals surface area contributed by atoms with Crippen LogP contribution < -0.4 is 5.32 Å². The van der Waals surface area contributed by atoms with Gasteiger partial charge in [0.2, 0.25) is 5.91 Å². The molecule has 4 aliphatic carbocycles. The van der Waals surface area contributed by atoms with E-state index in [-0.39, 0.29) is 11.8 Å². The fraction of sp³-hybridized carbons (Fsp3) is 0.526. The summed E-state index contributed by atoms with van der Waals surface area (Å²) in [5.74, 6) is 3.37. The maximum atomic E-state index is 13.1. The number of hydrogen-bond donors (Lipinski definition) is 1. The van der Waals surface area contributed by atoms with Gasteiger partial charge in [0.1, 0.15) is 0 Å². The minimum absolute atomic E-state index is 0.196. The number of anilines is 1. The molecule has 0 aliphatic heterocycles. The Morgan fingerprint density at radius 2 is 1.75 bits per heavy atom. The van der Waals surface area contributed by atoms with E-state index in [2.05, 4.69) is 15.6 Å². The zero-order valence-electron chi connectivity index (χ0n) is 13.6. The summed E-state index contributed by atoms with van der Waals surface area (Å²) < 4.78 is 1.70. The maximum absolute atomic E-state index is 13.1. The molecule has 0 radical (unpaired) electrons. The lowest BCUT2D eigenvalue weighted by molar-refractivity contribution is -0.132. The molecule has 24 heavy (non-hydrogen) atoms. The summed E-state index contributed by atoms with van der Waals surface area (Å²) in [4.78, 5) is 13.1. The van der Waals surface area contributed by atoms with Crippen molar-refractivity contribution in [1.82, 2.24) is 15.0 Å². The molecule has 0 saturated heterocycles. The number of hydrogen-bond acceptors (Lipinski definition) is 3. The summed E-state index contributed by atoms with van der Waals surface area (Å²) in [6.45, 7) is 0. The molecule has 1 heterocycles. The highest BCUT2D eigenvalue weighted by atomic mass is 16.1. The third-order valence-electron chi connectivity index (χ3n) is 6.36. The second-order valence-corrected chi connectivity index (χ2v) is 7.81. The minimum atomic E-state index is 0.196. The quantitative estimate of drug-likeness (QED) is 0.943. The predicted octanol–water partition coefficient (Wildman–Crippen LogP) is 3.28. The molecule has 2 aromatic rings. The summed E-state index contributed by atoms with van der Waals surface area (Å²) >= 11 is 0. The first-order chi connectivity index (χ1) is 11.8. The molecule has 1 aromatic carbocycles. The molecule has 1 N–H and O–H groups in total. The first-order valence-electron chi connectivity index (χ1n) is 9.04. The van der Waals surface area contributed by atoms with Crippen molar-refractivity contribution in [2.45, 2.75) is 32.1 Å². The molecule has 1 aromatic heterocycles. The Morgan fingerprint density at radius 3 is 2.42 bits per heavy atom. The third-order valence-corrected chi connectivity index (χ3v) is 6.36. The number of amides is 1. The van der Waals surface area contributed by atoms with E-state index in [0.717, 1.165) is 23.2 Å². The van der Waals surface area contributed by atoms with Gasteiger partial charge >= 0.3 is 0 Å². The van der Waals surface area contributed by atoms with Crippen LogP contribution in [0.5, 0.6) is 0 Å². The molecular formula is C19H22N4O. The number of para-hydroxylation sites is 2. The van der Waals surface area contributed by atoms with E-state index >= 15 is 0 Å². The molecule has 4 fully saturated rings. The molecule has 6 rings (SSSR count). The van der Waals surface area contributed by atoms with Crippen molar-refractivity contribution in [3.05, 3.63) is 36.7 Å². The van der Waals surface area contributed by atoms with Gasteiger partial charge in [0.15, 0.2) is 0 Å². The first-order valence-corrected chi connectivity index (χ1v) is 9.04. The van der Waals surface area contributed by atoms with Gasteiger partial charge in [-0.3, -0.25) is 4.79 Å².